The number of benzene rings is 2. The minimum absolute atomic E-state index is 0.0445. The summed E-state index contributed by atoms with van der Waals surface area (Å²) >= 11 is 0. The number of para-hydroxylation sites is 1. The van der Waals surface area contributed by atoms with Gasteiger partial charge in [0.05, 0.1) is 17.9 Å². The number of carbonyl (C=O) groups is 2. The zero-order valence-electron chi connectivity index (χ0n) is 18.9. The highest BCUT2D eigenvalue weighted by atomic mass is 16.2. The Morgan fingerprint density at radius 3 is 2.44 bits per heavy atom. The molecule has 0 saturated carbocycles. The summed E-state index contributed by atoms with van der Waals surface area (Å²) in [6, 6.07) is 16.8. The molecule has 1 atom stereocenters. The van der Waals surface area contributed by atoms with E-state index in [-0.39, 0.29) is 17.7 Å². The Labute approximate surface area is 189 Å². The van der Waals surface area contributed by atoms with E-state index >= 15 is 0 Å². The van der Waals surface area contributed by atoms with E-state index in [2.05, 4.69) is 10.6 Å². The Kier molecular flexibility index (Phi) is 6.40. The molecule has 0 saturated heterocycles. The Hall–Kier alpha value is -3.41. The number of nitrogens with zero attached hydrogens (tertiary/aromatic N) is 2. The quantitative estimate of drug-likeness (QED) is 0.600. The third kappa shape index (κ3) is 4.59. The van der Waals surface area contributed by atoms with E-state index in [9.17, 15) is 9.59 Å². The van der Waals surface area contributed by atoms with Crippen LogP contribution < -0.4 is 10.6 Å². The fourth-order valence-electron chi connectivity index (χ4n) is 4.18. The Bertz CT molecular complexity index is 1100. The average molecular weight is 431 g/mol. The maximum atomic E-state index is 13.0. The van der Waals surface area contributed by atoms with Crippen LogP contribution in [0.4, 0.5) is 0 Å². The van der Waals surface area contributed by atoms with Crippen LogP contribution in [-0.4, -0.2) is 27.6 Å². The van der Waals surface area contributed by atoms with Crippen molar-refractivity contribution in [2.24, 2.45) is 5.92 Å². The van der Waals surface area contributed by atoms with Crippen LogP contribution in [0.3, 0.4) is 0 Å². The van der Waals surface area contributed by atoms with E-state index in [1.807, 2.05) is 67.9 Å². The first-order chi connectivity index (χ1) is 15.4. The molecule has 3 aromatic rings. The molecule has 1 aromatic heterocycles. The van der Waals surface area contributed by atoms with Gasteiger partial charge in [0.1, 0.15) is 6.04 Å². The van der Waals surface area contributed by atoms with Crippen molar-refractivity contribution in [3.63, 3.8) is 0 Å². The van der Waals surface area contributed by atoms with Crippen LogP contribution in [0.25, 0.3) is 5.69 Å². The summed E-state index contributed by atoms with van der Waals surface area (Å²) < 4.78 is 2.00. The lowest BCUT2D eigenvalue weighted by atomic mass is 10.0. The normalized spacial score (nSPS) is 13.6. The summed E-state index contributed by atoms with van der Waals surface area (Å²) in [5.74, 6) is -0.480. The van der Waals surface area contributed by atoms with E-state index in [0.29, 0.717) is 12.1 Å². The highest BCUT2D eigenvalue weighted by Gasteiger charge is 2.27. The second-order valence-electron chi connectivity index (χ2n) is 8.75. The summed E-state index contributed by atoms with van der Waals surface area (Å²) in [6.07, 6.45) is 3.07. The van der Waals surface area contributed by atoms with Gasteiger partial charge in [-0.2, -0.15) is 5.10 Å². The van der Waals surface area contributed by atoms with E-state index in [1.54, 1.807) is 12.1 Å². The number of hydrogen-bond acceptors (Lipinski definition) is 3. The molecule has 1 aliphatic carbocycles. The molecule has 0 bridgehead atoms. The Balaban J connectivity index is 1.46. The van der Waals surface area contributed by atoms with Crippen molar-refractivity contribution in [1.29, 1.82) is 0 Å². The van der Waals surface area contributed by atoms with Gasteiger partial charge in [0.25, 0.3) is 5.91 Å². The summed E-state index contributed by atoms with van der Waals surface area (Å²) in [5, 5.41) is 10.7. The monoisotopic (exact) mass is 430 g/mol. The summed E-state index contributed by atoms with van der Waals surface area (Å²) in [7, 11) is 0. The van der Waals surface area contributed by atoms with Gasteiger partial charge in [-0.3, -0.25) is 9.59 Å². The first-order valence-electron chi connectivity index (χ1n) is 11.2. The lowest BCUT2D eigenvalue weighted by Crippen LogP contribution is -2.49. The number of carbonyl (C=O) groups excluding carboxylic acids is 2. The molecule has 4 rings (SSSR count). The molecule has 1 aliphatic rings. The molecule has 166 valence electrons. The van der Waals surface area contributed by atoms with Gasteiger partial charge in [-0.1, -0.05) is 49.7 Å². The second-order valence-corrected chi connectivity index (χ2v) is 8.75. The molecule has 32 heavy (non-hydrogen) atoms. The number of hydrogen-bond donors (Lipinski definition) is 2. The third-order valence-corrected chi connectivity index (χ3v) is 5.99. The smallest absolute Gasteiger partial charge is 0.251 e. The van der Waals surface area contributed by atoms with Gasteiger partial charge in [-0.15, -0.1) is 0 Å². The van der Waals surface area contributed by atoms with Crippen LogP contribution in [0.15, 0.2) is 54.6 Å². The van der Waals surface area contributed by atoms with Crippen molar-refractivity contribution in [2.45, 2.75) is 52.6 Å². The third-order valence-electron chi connectivity index (χ3n) is 5.99. The van der Waals surface area contributed by atoms with Crippen molar-refractivity contribution in [3.05, 3.63) is 82.7 Å². The van der Waals surface area contributed by atoms with Crippen molar-refractivity contribution in [3.8, 4) is 5.69 Å². The van der Waals surface area contributed by atoms with Gasteiger partial charge in [-0.25, -0.2) is 4.68 Å². The van der Waals surface area contributed by atoms with Crippen molar-refractivity contribution < 1.29 is 9.59 Å². The fourth-order valence-corrected chi connectivity index (χ4v) is 4.18. The molecule has 1 unspecified atom stereocenters. The lowest BCUT2D eigenvalue weighted by Gasteiger charge is -2.21. The molecular formula is C26H30N4O2. The predicted octanol–water partition coefficient (Wildman–Crippen LogP) is 3.74. The van der Waals surface area contributed by atoms with Gasteiger partial charge >= 0.3 is 0 Å². The molecule has 2 N–H and O–H groups in total. The summed E-state index contributed by atoms with van der Waals surface area (Å²) in [6.45, 7) is 6.19. The molecule has 2 amide bonds. The minimum atomic E-state index is -0.618. The van der Waals surface area contributed by atoms with Crippen LogP contribution in [0.2, 0.25) is 0 Å². The van der Waals surface area contributed by atoms with Gasteiger partial charge < -0.3 is 10.6 Å². The molecule has 6 heteroatoms. The van der Waals surface area contributed by atoms with Gasteiger partial charge in [0.15, 0.2) is 0 Å². The second kappa shape index (κ2) is 9.39. The fraction of sp³-hybridized carbons (Fsp3) is 0.346. The Morgan fingerprint density at radius 2 is 1.75 bits per heavy atom. The molecule has 1 heterocycles. The average Bonchev–Trinajstić information content (AvgIpc) is 3.40. The van der Waals surface area contributed by atoms with E-state index < -0.39 is 6.04 Å². The maximum absolute atomic E-state index is 13.0. The first kappa shape index (κ1) is 21.8. The predicted molar refractivity (Wildman–Crippen MR) is 125 cm³/mol. The molecule has 0 spiro atoms. The van der Waals surface area contributed by atoms with E-state index in [0.717, 1.165) is 36.2 Å². The number of aryl methyl sites for hydroxylation is 1. The first-order valence-corrected chi connectivity index (χ1v) is 11.2. The van der Waals surface area contributed by atoms with Gasteiger partial charge in [-0.05, 0) is 61.9 Å². The number of amides is 2. The van der Waals surface area contributed by atoms with Crippen LogP contribution in [0, 0.1) is 12.8 Å². The summed E-state index contributed by atoms with van der Waals surface area (Å²) in [4.78, 5) is 25.7. The number of fused-ring (bicyclic) bond motifs is 1. The number of nitrogens with one attached hydrogen (secondary N) is 2. The highest BCUT2D eigenvalue weighted by Crippen LogP contribution is 2.27. The standard InChI is InChI=1S/C26H30N4O2/c1-17(2)24(28-25(31)19-14-12-18(3)13-15-19)26(32)27-16-22-21-10-7-11-23(21)30(29-22)20-8-5-4-6-9-20/h4-6,8-9,12-15,17,24H,7,10-11,16H2,1-3H3,(H,27,32)(H,28,31). The van der Waals surface area contributed by atoms with Gasteiger partial charge in [0, 0.05) is 11.3 Å². The highest BCUT2D eigenvalue weighted by molar-refractivity contribution is 5.97. The largest absolute Gasteiger partial charge is 0.349 e. The molecule has 6 nitrogen and oxygen atoms in total. The molecule has 0 radical (unpaired) electrons. The SMILES string of the molecule is Cc1ccc(C(=O)NC(C(=O)NCc2nn(-c3ccccc3)c3c2CCC3)C(C)C)cc1. The molecule has 2 aromatic carbocycles. The van der Waals surface area contributed by atoms with Crippen molar-refractivity contribution in [2.75, 3.05) is 0 Å². The van der Waals surface area contributed by atoms with Crippen LogP contribution in [0.1, 0.15) is 53.1 Å². The minimum Gasteiger partial charge on any atom is -0.349 e. The zero-order valence-corrected chi connectivity index (χ0v) is 18.9. The maximum Gasteiger partial charge on any atom is 0.251 e. The van der Waals surface area contributed by atoms with Crippen LogP contribution in [-0.2, 0) is 24.2 Å². The molecule has 0 fully saturated rings. The lowest BCUT2D eigenvalue weighted by molar-refractivity contribution is -0.124. The van der Waals surface area contributed by atoms with Crippen LogP contribution in [0.5, 0.6) is 0 Å². The van der Waals surface area contributed by atoms with E-state index in [4.69, 9.17) is 5.10 Å². The van der Waals surface area contributed by atoms with E-state index in [1.165, 1.54) is 11.3 Å². The number of aromatic nitrogens is 2. The van der Waals surface area contributed by atoms with Gasteiger partial charge in [0.2, 0.25) is 5.91 Å². The van der Waals surface area contributed by atoms with Crippen molar-refractivity contribution in [1.82, 2.24) is 20.4 Å². The number of rotatable bonds is 7. The topological polar surface area (TPSA) is 76.0 Å². The summed E-state index contributed by atoms with van der Waals surface area (Å²) in [5.41, 5.74) is 6.04. The van der Waals surface area contributed by atoms with Crippen molar-refractivity contribution >= 4 is 11.8 Å². The van der Waals surface area contributed by atoms with Crippen LogP contribution >= 0.6 is 0 Å². The molecule has 0 aliphatic heterocycles. The Morgan fingerprint density at radius 1 is 1.03 bits per heavy atom. The molecular weight excluding hydrogens is 400 g/mol. The zero-order chi connectivity index (χ0) is 22.7.